The van der Waals surface area contributed by atoms with E-state index in [-0.39, 0.29) is 30.5 Å². The van der Waals surface area contributed by atoms with E-state index in [1.807, 2.05) is 0 Å². The summed E-state index contributed by atoms with van der Waals surface area (Å²) in [7, 11) is 0. The van der Waals surface area contributed by atoms with Crippen LogP contribution in [-0.2, 0) is 4.79 Å². The summed E-state index contributed by atoms with van der Waals surface area (Å²) in [6.45, 7) is -2.69. The van der Waals surface area contributed by atoms with Crippen LogP contribution < -0.4 is 15.4 Å². The van der Waals surface area contributed by atoms with Crippen LogP contribution in [0, 0.1) is 0 Å². The fourth-order valence-electron chi connectivity index (χ4n) is 1.73. The van der Waals surface area contributed by atoms with E-state index < -0.39 is 6.61 Å². The second-order valence-corrected chi connectivity index (χ2v) is 5.25. The van der Waals surface area contributed by atoms with Crippen LogP contribution in [0.2, 0.25) is 0 Å². The molecule has 0 saturated carbocycles. The lowest BCUT2D eigenvalue weighted by atomic mass is 10.3. The third kappa shape index (κ3) is 5.67. The maximum Gasteiger partial charge on any atom is 0.387 e. The van der Waals surface area contributed by atoms with Crippen LogP contribution in [0.4, 0.5) is 14.5 Å². The van der Waals surface area contributed by atoms with Crippen LogP contribution in [0.3, 0.4) is 0 Å². The summed E-state index contributed by atoms with van der Waals surface area (Å²) >= 11 is 1.42. The molecule has 0 aliphatic rings. The highest BCUT2D eigenvalue weighted by Crippen LogP contribution is 2.17. The van der Waals surface area contributed by atoms with Gasteiger partial charge in [-0.25, -0.2) is 0 Å². The minimum absolute atomic E-state index is 0.0148. The molecule has 0 unspecified atom stereocenters. The number of benzene rings is 1. The molecule has 0 aliphatic heterocycles. The second-order valence-electron chi connectivity index (χ2n) is 4.47. The fraction of sp³-hybridized carbons (Fsp3) is 0.200. The van der Waals surface area contributed by atoms with Gasteiger partial charge in [0.1, 0.15) is 5.75 Å². The number of nitrogens with one attached hydrogen (secondary N) is 2. The molecule has 8 heteroatoms. The molecule has 0 bridgehead atoms. The van der Waals surface area contributed by atoms with E-state index in [4.69, 9.17) is 0 Å². The van der Waals surface area contributed by atoms with E-state index in [0.29, 0.717) is 11.3 Å². The van der Waals surface area contributed by atoms with Crippen LogP contribution in [0.5, 0.6) is 5.75 Å². The van der Waals surface area contributed by atoms with Crippen molar-refractivity contribution >= 4 is 28.8 Å². The van der Waals surface area contributed by atoms with Crippen LogP contribution in [0.1, 0.15) is 16.8 Å². The van der Waals surface area contributed by atoms with E-state index in [9.17, 15) is 18.4 Å². The molecule has 122 valence electrons. The number of alkyl halides is 2. The minimum Gasteiger partial charge on any atom is -0.435 e. The minimum atomic E-state index is -2.89. The van der Waals surface area contributed by atoms with E-state index in [0.717, 1.165) is 0 Å². The van der Waals surface area contributed by atoms with Crippen molar-refractivity contribution < 1.29 is 23.1 Å². The summed E-state index contributed by atoms with van der Waals surface area (Å²) in [5.41, 5.74) is 1.02. The van der Waals surface area contributed by atoms with Gasteiger partial charge in [-0.2, -0.15) is 20.1 Å². The highest BCUT2D eigenvalue weighted by atomic mass is 32.1. The zero-order valence-corrected chi connectivity index (χ0v) is 12.7. The maximum absolute atomic E-state index is 12.0. The van der Waals surface area contributed by atoms with Gasteiger partial charge in [0, 0.05) is 29.6 Å². The first-order valence-electron chi connectivity index (χ1n) is 6.70. The number of anilines is 1. The molecule has 2 amide bonds. The Bertz CT molecular complexity index is 645. The SMILES string of the molecule is O=C(CCNC(=O)c1ccsc1)Nc1ccc(OC(F)F)cc1. The van der Waals surface area contributed by atoms with Crippen LogP contribution in [0.25, 0.3) is 0 Å². The number of carbonyl (C=O) groups is 2. The van der Waals surface area contributed by atoms with Crippen molar-refractivity contribution in [1.29, 1.82) is 0 Å². The molecule has 0 saturated heterocycles. The van der Waals surface area contributed by atoms with Crippen molar-refractivity contribution in [3.05, 3.63) is 46.7 Å². The summed E-state index contributed by atoms with van der Waals surface area (Å²) in [6, 6.07) is 7.28. The smallest absolute Gasteiger partial charge is 0.387 e. The Balaban J connectivity index is 1.73. The van der Waals surface area contributed by atoms with E-state index in [1.165, 1.54) is 35.6 Å². The molecule has 0 atom stereocenters. The van der Waals surface area contributed by atoms with Crippen LogP contribution >= 0.6 is 11.3 Å². The van der Waals surface area contributed by atoms with E-state index in [2.05, 4.69) is 15.4 Å². The van der Waals surface area contributed by atoms with Gasteiger partial charge in [-0.05, 0) is 35.7 Å². The summed E-state index contributed by atoms with van der Waals surface area (Å²) < 4.78 is 28.2. The highest BCUT2D eigenvalue weighted by Gasteiger charge is 2.08. The number of hydrogen-bond donors (Lipinski definition) is 2. The van der Waals surface area contributed by atoms with Gasteiger partial charge in [0.2, 0.25) is 5.91 Å². The van der Waals surface area contributed by atoms with Crippen molar-refractivity contribution in [2.75, 3.05) is 11.9 Å². The summed E-state index contributed by atoms with van der Waals surface area (Å²) in [6.07, 6.45) is 0.102. The lowest BCUT2D eigenvalue weighted by molar-refractivity contribution is -0.116. The maximum atomic E-state index is 12.0. The predicted octanol–water partition coefficient (Wildman–Crippen LogP) is 3.11. The Morgan fingerprint density at radius 1 is 1.17 bits per heavy atom. The number of amides is 2. The van der Waals surface area contributed by atoms with Crippen molar-refractivity contribution in [3.63, 3.8) is 0 Å². The highest BCUT2D eigenvalue weighted by molar-refractivity contribution is 7.08. The number of hydrogen-bond acceptors (Lipinski definition) is 4. The Morgan fingerprint density at radius 3 is 2.52 bits per heavy atom. The van der Waals surface area contributed by atoms with E-state index in [1.54, 1.807) is 16.8 Å². The fourth-order valence-corrected chi connectivity index (χ4v) is 2.36. The number of ether oxygens (including phenoxy) is 1. The Labute approximate surface area is 135 Å². The first kappa shape index (κ1) is 16.9. The molecule has 2 N–H and O–H groups in total. The lowest BCUT2D eigenvalue weighted by Crippen LogP contribution is -2.27. The van der Waals surface area contributed by atoms with E-state index >= 15 is 0 Å². The molecular weight excluding hydrogens is 326 g/mol. The van der Waals surface area contributed by atoms with Gasteiger partial charge in [-0.15, -0.1) is 0 Å². The van der Waals surface area contributed by atoms with Crippen molar-refractivity contribution in [2.45, 2.75) is 13.0 Å². The van der Waals surface area contributed by atoms with Gasteiger partial charge in [0.25, 0.3) is 5.91 Å². The summed E-state index contributed by atoms with van der Waals surface area (Å²) in [5, 5.41) is 8.75. The summed E-state index contributed by atoms with van der Waals surface area (Å²) in [5.74, 6) is -0.508. The zero-order valence-electron chi connectivity index (χ0n) is 11.9. The molecule has 0 fully saturated rings. The predicted molar refractivity (Wildman–Crippen MR) is 83.0 cm³/mol. The molecule has 1 aromatic carbocycles. The molecule has 2 rings (SSSR count). The summed E-state index contributed by atoms with van der Waals surface area (Å²) in [4.78, 5) is 23.4. The van der Waals surface area contributed by atoms with Crippen molar-refractivity contribution in [2.24, 2.45) is 0 Å². The number of rotatable bonds is 7. The average molecular weight is 340 g/mol. The van der Waals surface area contributed by atoms with Gasteiger partial charge in [-0.3, -0.25) is 9.59 Å². The molecule has 0 radical (unpaired) electrons. The van der Waals surface area contributed by atoms with Crippen molar-refractivity contribution in [3.8, 4) is 5.75 Å². The second kappa shape index (κ2) is 8.23. The standard InChI is InChI=1S/C15H14F2N2O3S/c16-15(17)22-12-3-1-11(2-4-12)19-13(20)5-7-18-14(21)10-6-8-23-9-10/h1-4,6,8-9,15H,5,7H2,(H,18,21)(H,19,20). The first-order chi connectivity index (χ1) is 11.0. The first-order valence-corrected chi connectivity index (χ1v) is 7.64. The van der Waals surface area contributed by atoms with Crippen LogP contribution in [0.15, 0.2) is 41.1 Å². The monoisotopic (exact) mass is 340 g/mol. The Hall–Kier alpha value is -2.48. The molecule has 1 aromatic heterocycles. The molecule has 0 spiro atoms. The van der Waals surface area contributed by atoms with Crippen LogP contribution in [-0.4, -0.2) is 25.0 Å². The van der Waals surface area contributed by atoms with Crippen molar-refractivity contribution in [1.82, 2.24) is 5.32 Å². The number of thiophene rings is 1. The van der Waals surface area contributed by atoms with Gasteiger partial charge >= 0.3 is 6.61 Å². The number of halogens is 2. The normalized spacial score (nSPS) is 10.4. The lowest BCUT2D eigenvalue weighted by Gasteiger charge is -2.08. The molecular formula is C15H14F2N2O3S. The molecule has 0 aliphatic carbocycles. The molecule has 1 heterocycles. The zero-order chi connectivity index (χ0) is 16.7. The third-order valence-electron chi connectivity index (χ3n) is 2.78. The van der Waals surface area contributed by atoms with Gasteiger partial charge < -0.3 is 15.4 Å². The third-order valence-corrected chi connectivity index (χ3v) is 3.47. The quantitative estimate of drug-likeness (QED) is 0.814. The average Bonchev–Trinajstić information content (AvgIpc) is 3.03. The largest absolute Gasteiger partial charge is 0.435 e. The molecule has 23 heavy (non-hydrogen) atoms. The Kier molecular flexibility index (Phi) is 6.04. The number of carbonyl (C=O) groups excluding carboxylic acids is 2. The Morgan fingerprint density at radius 2 is 1.91 bits per heavy atom. The molecule has 5 nitrogen and oxygen atoms in total. The van der Waals surface area contributed by atoms with Gasteiger partial charge in [0.05, 0.1) is 0 Å². The molecule has 2 aromatic rings. The van der Waals surface area contributed by atoms with Gasteiger partial charge in [0.15, 0.2) is 0 Å². The topological polar surface area (TPSA) is 67.4 Å². The van der Waals surface area contributed by atoms with Gasteiger partial charge in [-0.1, -0.05) is 0 Å².